The van der Waals surface area contributed by atoms with E-state index >= 15 is 0 Å². The summed E-state index contributed by atoms with van der Waals surface area (Å²) in [6.45, 7) is 1.51. The quantitative estimate of drug-likeness (QED) is 0.253. The molecule has 1 fully saturated rings. The molecule has 4 aromatic rings. The first kappa shape index (κ1) is 29.7. The summed E-state index contributed by atoms with van der Waals surface area (Å²) in [7, 11) is 0. The number of nitrogens with zero attached hydrogens (tertiary/aromatic N) is 3. The highest BCUT2D eigenvalue weighted by molar-refractivity contribution is 6.30. The number of hydrogen-bond acceptors (Lipinski definition) is 6. The Hall–Kier alpha value is -4.31. The van der Waals surface area contributed by atoms with Crippen LogP contribution in [0.1, 0.15) is 33.6 Å². The maximum absolute atomic E-state index is 13.8. The van der Waals surface area contributed by atoms with Gasteiger partial charge in [0.1, 0.15) is 5.82 Å². The first-order valence-electron chi connectivity index (χ1n) is 12.9. The summed E-state index contributed by atoms with van der Waals surface area (Å²) in [4.78, 5) is 50.4. The molecule has 11 heteroatoms. The van der Waals surface area contributed by atoms with Crippen LogP contribution < -0.4 is 20.9 Å². The lowest BCUT2D eigenvalue weighted by atomic mass is 9.95. The number of carbonyl (C=O) groups excluding carboxylic acids is 3. The van der Waals surface area contributed by atoms with Gasteiger partial charge in [0.25, 0.3) is 11.8 Å². The highest BCUT2D eigenvalue weighted by Crippen LogP contribution is 2.32. The van der Waals surface area contributed by atoms with Crippen molar-refractivity contribution in [1.82, 2.24) is 15.3 Å². The van der Waals surface area contributed by atoms with E-state index in [0.717, 1.165) is 13.1 Å². The lowest BCUT2D eigenvalue weighted by Gasteiger charge is -2.31. The largest absolute Gasteiger partial charge is 0.321 e. The van der Waals surface area contributed by atoms with Gasteiger partial charge in [-0.3, -0.25) is 24.3 Å². The molecule has 0 atom stereocenters. The Bertz CT molecular complexity index is 1510. The summed E-state index contributed by atoms with van der Waals surface area (Å²) in [5.74, 6) is -0.846. The number of rotatable bonds is 7. The van der Waals surface area contributed by atoms with E-state index in [1.165, 1.54) is 6.20 Å². The Morgan fingerprint density at radius 3 is 2.20 bits per heavy atom. The second kappa shape index (κ2) is 13.8. The molecular formula is C30H28Cl2N6O3. The zero-order chi connectivity index (χ0) is 27.9. The van der Waals surface area contributed by atoms with Crippen molar-refractivity contribution >= 4 is 64.6 Å². The van der Waals surface area contributed by atoms with E-state index in [9.17, 15) is 14.4 Å². The number of para-hydroxylation sites is 2. The van der Waals surface area contributed by atoms with E-state index in [-0.39, 0.29) is 35.4 Å². The van der Waals surface area contributed by atoms with Crippen LogP contribution in [0.3, 0.4) is 0 Å². The molecule has 0 spiro atoms. The van der Waals surface area contributed by atoms with Crippen LogP contribution in [0.15, 0.2) is 91.4 Å². The van der Waals surface area contributed by atoms with Gasteiger partial charge in [0.15, 0.2) is 0 Å². The zero-order valence-electron chi connectivity index (χ0n) is 21.9. The lowest BCUT2D eigenvalue weighted by Crippen LogP contribution is -2.39. The van der Waals surface area contributed by atoms with Crippen LogP contribution >= 0.6 is 24.0 Å². The van der Waals surface area contributed by atoms with Crippen molar-refractivity contribution < 1.29 is 14.4 Å². The average Bonchev–Trinajstić information content (AvgIpc) is 3.00. The number of amides is 3. The smallest absolute Gasteiger partial charge is 0.258 e. The minimum Gasteiger partial charge on any atom is -0.321 e. The number of anilines is 4. The molecule has 41 heavy (non-hydrogen) atoms. The molecule has 9 nitrogen and oxygen atoms in total. The van der Waals surface area contributed by atoms with Crippen LogP contribution in [0.25, 0.3) is 0 Å². The molecule has 2 aromatic heterocycles. The monoisotopic (exact) mass is 590 g/mol. The molecule has 1 aliphatic heterocycles. The summed E-state index contributed by atoms with van der Waals surface area (Å²) in [6, 6.07) is 20.3. The number of piperidine rings is 1. The van der Waals surface area contributed by atoms with Crippen molar-refractivity contribution in [2.75, 3.05) is 28.6 Å². The maximum Gasteiger partial charge on any atom is 0.258 e. The Kier molecular flexibility index (Phi) is 10.0. The number of carbonyl (C=O) groups is 3. The predicted molar refractivity (Wildman–Crippen MR) is 162 cm³/mol. The van der Waals surface area contributed by atoms with Crippen molar-refractivity contribution in [2.45, 2.75) is 12.8 Å². The van der Waals surface area contributed by atoms with Gasteiger partial charge < -0.3 is 16.0 Å². The van der Waals surface area contributed by atoms with Crippen LogP contribution in [0.4, 0.5) is 22.9 Å². The Labute approximate surface area is 248 Å². The fraction of sp³-hybridized carbons (Fsp3) is 0.167. The fourth-order valence-electron chi connectivity index (χ4n) is 4.60. The van der Waals surface area contributed by atoms with Crippen molar-refractivity contribution in [2.24, 2.45) is 5.92 Å². The summed E-state index contributed by atoms with van der Waals surface area (Å²) in [6.07, 6.45) is 6.08. The molecule has 0 unspecified atom stereocenters. The summed E-state index contributed by atoms with van der Waals surface area (Å²) >= 11 is 5.89. The fourth-order valence-corrected chi connectivity index (χ4v) is 4.72. The van der Waals surface area contributed by atoms with E-state index in [2.05, 4.69) is 25.9 Å². The normalized spacial score (nSPS) is 13.0. The molecule has 5 rings (SSSR count). The number of halogens is 2. The number of hydrogen-bond donors (Lipinski definition) is 3. The summed E-state index contributed by atoms with van der Waals surface area (Å²) < 4.78 is 0. The molecule has 3 N–H and O–H groups in total. The van der Waals surface area contributed by atoms with Gasteiger partial charge in [-0.1, -0.05) is 35.9 Å². The third-order valence-electron chi connectivity index (χ3n) is 6.61. The van der Waals surface area contributed by atoms with Gasteiger partial charge >= 0.3 is 0 Å². The second-order valence-electron chi connectivity index (χ2n) is 9.24. The summed E-state index contributed by atoms with van der Waals surface area (Å²) in [5, 5.41) is 9.32. The van der Waals surface area contributed by atoms with Gasteiger partial charge in [0, 0.05) is 24.5 Å². The third kappa shape index (κ3) is 7.07. The minimum atomic E-state index is -0.461. The van der Waals surface area contributed by atoms with E-state index < -0.39 is 11.8 Å². The molecule has 210 valence electrons. The van der Waals surface area contributed by atoms with Gasteiger partial charge in [-0.2, -0.15) is 0 Å². The first-order valence-corrected chi connectivity index (χ1v) is 13.3. The van der Waals surface area contributed by atoms with Crippen LogP contribution in [0, 0.1) is 5.92 Å². The standard InChI is InChI=1S/C30H27ClN6O3.ClH/c31-21-9-10-27(34-19-21)36-28(38)23-5-1-3-7-25(23)35-29(39)24-6-2-4-8-26(24)37(22-13-17-33-18-14-22)30(40)20-11-15-32-16-12-20;/h1-10,13-14,17-20,32H,11-12,15-16H2,(H,35,39)(H,34,36,38);1H. The zero-order valence-corrected chi connectivity index (χ0v) is 23.5. The van der Waals surface area contributed by atoms with Crippen LogP contribution in [-0.2, 0) is 4.79 Å². The molecule has 1 aliphatic rings. The van der Waals surface area contributed by atoms with Crippen molar-refractivity contribution in [3.63, 3.8) is 0 Å². The molecule has 2 aromatic carbocycles. The Morgan fingerprint density at radius 1 is 0.829 bits per heavy atom. The molecule has 0 bridgehead atoms. The van der Waals surface area contributed by atoms with E-state index in [4.69, 9.17) is 11.6 Å². The van der Waals surface area contributed by atoms with E-state index in [1.807, 2.05) is 0 Å². The first-order chi connectivity index (χ1) is 19.5. The van der Waals surface area contributed by atoms with Crippen LogP contribution in [0.2, 0.25) is 5.02 Å². The van der Waals surface area contributed by atoms with Crippen LogP contribution in [-0.4, -0.2) is 40.8 Å². The highest BCUT2D eigenvalue weighted by Gasteiger charge is 2.30. The molecule has 1 saturated heterocycles. The topological polar surface area (TPSA) is 116 Å². The summed E-state index contributed by atoms with van der Waals surface area (Å²) in [5.41, 5.74) is 1.92. The molecule has 0 aliphatic carbocycles. The van der Waals surface area contributed by atoms with Crippen molar-refractivity contribution in [1.29, 1.82) is 0 Å². The van der Waals surface area contributed by atoms with Gasteiger partial charge in [-0.25, -0.2) is 4.98 Å². The molecule has 0 saturated carbocycles. The third-order valence-corrected chi connectivity index (χ3v) is 6.83. The maximum atomic E-state index is 13.8. The van der Waals surface area contributed by atoms with Gasteiger partial charge in [-0.05, 0) is 74.5 Å². The van der Waals surface area contributed by atoms with Crippen LogP contribution in [0.5, 0.6) is 0 Å². The molecule has 0 radical (unpaired) electrons. The minimum absolute atomic E-state index is 0. The molecular weight excluding hydrogens is 563 g/mol. The van der Waals surface area contributed by atoms with Gasteiger partial charge in [0.2, 0.25) is 5.91 Å². The number of nitrogens with one attached hydrogen (secondary N) is 3. The predicted octanol–water partition coefficient (Wildman–Crippen LogP) is 5.72. The molecule has 3 heterocycles. The SMILES string of the molecule is Cl.O=C(Nc1ccc(Cl)cn1)c1ccccc1NC(=O)c1ccccc1N(C(=O)C1CCNCC1)c1ccncc1. The van der Waals surface area contributed by atoms with E-state index in [1.54, 1.807) is 90.1 Å². The molecule has 3 amide bonds. The number of benzene rings is 2. The van der Waals surface area contributed by atoms with Crippen molar-refractivity contribution in [3.05, 3.63) is 108 Å². The Morgan fingerprint density at radius 2 is 1.49 bits per heavy atom. The van der Waals surface area contributed by atoms with Crippen molar-refractivity contribution in [3.8, 4) is 0 Å². The lowest BCUT2D eigenvalue weighted by molar-refractivity contribution is -0.122. The second-order valence-corrected chi connectivity index (χ2v) is 9.67. The highest BCUT2D eigenvalue weighted by atomic mass is 35.5. The average molecular weight is 591 g/mol. The van der Waals surface area contributed by atoms with E-state index in [0.29, 0.717) is 40.7 Å². The number of pyridine rings is 2. The Balaban J connectivity index is 0.00000387. The van der Waals surface area contributed by atoms with Gasteiger partial charge in [-0.15, -0.1) is 12.4 Å². The number of aromatic nitrogens is 2. The van der Waals surface area contributed by atoms with Gasteiger partial charge in [0.05, 0.1) is 33.2 Å².